The van der Waals surface area contributed by atoms with Gasteiger partial charge in [0.1, 0.15) is 16.7 Å². The highest BCUT2D eigenvalue weighted by atomic mass is 35.5. The third-order valence-corrected chi connectivity index (χ3v) is 5.77. The first kappa shape index (κ1) is 21.2. The molecule has 0 fully saturated rings. The summed E-state index contributed by atoms with van der Waals surface area (Å²) in [6, 6.07) is 16.5. The van der Waals surface area contributed by atoms with Crippen LogP contribution in [-0.4, -0.2) is 34.9 Å². The van der Waals surface area contributed by atoms with E-state index in [-0.39, 0.29) is 6.61 Å². The number of aromatic nitrogens is 6. The fourth-order valence-corrected chi connectivity index (χ4v) is 3.94. The summed E-state index contributed by atoms with van der Waals surface area (Å²) < 4.78 is 3.67. The topological polar surface area (TPSA) is 81.7 Å². The first-order valence-electron chi connectivity index (χ1n) is 10.4. The second-order valence-corrected chi connectivity index (χ2v) is 7.84. The maximum atomic E-state index is 9.56. The van der Waals surface area contributed by atoms with E-state index in [4.69, 9.17) is 11.6 Å². The number of benzene rings is 2. The van der Waals surface area contributed by atoms with Crippen LogP contribution in [0.25, 0.3) is 22.5 Å². The minimum Gasteiger partial charge on any atom is -0.390 e. The van der Waals surface area contributed by atoms with E-state index in [1.54, 1.807) is 4.68 Å². The number of rotatable bonds is 8. The van der Waals surface area contributed by atoms with Crippen molar-refractivity contribution in [3.63, 3.8) is 0 Å². The lowest BCUT2D eigenvalue weighted by Crippen LogP contribution is -2.05. The summed E-state index contributed by atoms with van der Waals surface area (Å²) in [6.07, 6.45) is 2.95. The van der Waals surface area contributed by atoms with E-state index in [2.05, 4.69) is 57.8 Å². The number of aliphatic hydroxyl groups is 1. The number of hydrogen-bond acceptors (Lipinski definition) is 5. The van der Waals surface area contributed by atoms with Gasteiger partial charge in [0.15, 0.2) is 5.82 Å². The van der Waals surface area contributed by atoms with Gasteiger partial charge < -0.3 is 9.67 Å². The van der Waals surface area contributed by atoms with Crippen molar-refractivity contribution in [1.29, 1.82) is 0 Å². The van der Waals surface area contributed by atoms with E-state index < -0.39 is 0 Å². The number of tetrazole rings is 1. The molecule has 0 atom stereocenters. The van der Waals surface area contributed by atoms with Crippen LogP contribution in [0.3, 0.4) is 0 Å². The smallest absolute Gasteiger partial charge is 0.182 e. The number of aliphatic hydroxyl groups excluding tert-OH is 1. The third kappa shape index (κ3) is 4.38. The fraction of sp³-hybridized carbons (Fsp3) is 0.304. The normalized spacial score (nSPS) is 11.2. The van der Waals surface area contributed by atoms with Gasteiger partial charge in [-0.15, -0.1) is 5.10 Å². The molecule has 31 heavy (non-hydrogen) atoms. The molecule has 4 rings (SSSR count). The van der Waals surface area contributed by atoms with Crippen LogP contribution in [0, 0.1) is 0 Å². The molecule has 0 aliphatic heterocycles. The Balaban J connectivity index is 1.63. The van der Waals surface area contributed by atoms with Gasteiger partial charge in [-0.3, -0.25) is 0 Å². The number of hydrogen-bond donors (Lipinski definition) is 1. The van der Waals surface area contributed by atoms with Gasteiger partial charge in [-0.1, -0.05) is 73.5 Å². The Labute approximate surface area is 186 Å². The van der Waals surface area contributed by atoms with Crippen LogP contribution in [0.5, 0.6) is 0 Å². The molecular weight excluding hydrogens is 412 g/mol. The molecule has 0 saturated carbocycles. The number of unbranched alkanes of at least 4 members (excludes halogenated alkanes) is 1. The van der Waals surface area contributed by atoms with Crippen LogP contribution in [-0.2, 0) is 26.6 Å². The maximum Gasteiger partial charge on any atom is 0.182 e. The van der Waals surface area contributed by atoms with E-state index in [1.807, 2.05) is 29.8 Å². The Bertz CT molecular complexity index is 1170. The molecule has 4 aromatic rings. The van der Waals surface area contributed by atoms with Crippen molar-refractivity contribution in [2.75, 3.05) is 0 Å². The summed E-state index contributed by atoms with van der Waals surface area (Å²) in [5.74, 6) is 1.64. The second kappa shape index (κ2) is 9.41. The molecule has 2 aromatic heterocycles. The van der Waals surface area contributed by atoms with Crippen molar-refractivity contribution in [1.82, 2.24) is 29.8 Å². The van der Waals surface area contributed by atoms with Crippen molar-refractivity contribution in [2.24, 2.45) is 7.05 Å². The second-order valence-electron chi connectivity index (χ2n) is 7.48. The molecule has 0 radical (unpaired) electrons. The van der Waals surface area contributed by atoms with Gasteiger partial charge >= 0.3 is 0 Å². The Hall–Kier alpha value is -3.03. The van der Waals surface area contributed by atoms with E-state index in [0.717, 1.165) is 53.2 Å². The molecule has 2 aromatic carbocycles. The predicted octanol–water partition coefficient (Wildman–Crippen LogP) is 4.28. The Morgan fingerprint density at radius 3 is 2.42 bits per heavy atom. The van der Waals surface area contributed by atoms with Gasteiger partial charge in [-0.25, -0.2) is 9.67 Å². The van der Waals surface area contributed by atoms with Gasteiger partial charge in [0.2, 0.25) is 0 Å². The molecule has 7 nitrogen and oxygen atoms in total. The summed E-state index contributed by atoms with van der Waals surface area (Å²) in [6.45, 7) is 2.60. The zero-order chi connectivity index (χ0) is 21.8. The molecule has 160 valence electrons. The van der Waals surface area contributed by atoms with Crippen molar-refractivity contribution in [2.45, 2.75) is 39.3 Å². The first-order chi connectivity index (χ1) is 15.1. The lowest BCUT2D eigenvalue weighted by molar-refractivity contribution is 0.277. The first-order valence-corrected chi connectivity index (χ1v) is 10.8. The summed E-state index contributed by atoms with van der Waals surface area (Å²) in [5.41, 5.74) is 4.79. The molecule has 0 bridgehead atoms. The van der Waals surface area contributed by atoms with Gasteiger partial charge in [0, 0.05) is 19.0 Å². The van der Waals surface area contributed by atoms with E-state index in [1.165, 1.54) is 0 Å². The molecule has 2 heterocycles. The third-order valence-electron chi connectivity index (χ3n) is 5.35. The maximum absolute atomic E-state index is 9.56. The highest BCUT2D eigenvalue weighted by Gasteiger charge is 2.16. The summed E-state index contributed by atoms with van der Waals surface area (Å²) >= 11 is 6.50. The molecule has 0 aliphatic carbocycles. The largest absolute Gasteiger partial charge is 0.390 e. The zero-order valence-electron chi connectivity index (χ0n) is 17.7. The fourth-order valence-electron chi connectivity index (χ4n) is 3.68. The summed E-state index contributed by atoms with van der Waals surface area (Å²) in [5, 5.41) is 21.9. The average Bonchev–Trinajstić information content (AvgIpc) is 3.36. The van der Waals surface area contributed by atoms with Crippen molar-refractivity contribution in [3.8, 4) is 22.5 Å². The quantitative estimate of drug-likeness (QED) is 0.446. The van der Waals surface area contributed by atoms with Crippen LogP contribution in [0.1, 0.15) is 36.8 Å². The summed E-state index contributed by atoms with van der Waals surface area (Å²) in [7, 11) is 1.83. The van der Waals surface area contributed by atoms with Gasteiger partial charge in [0.25, 0.3) is 0 Å². The van der Waals surface area contributed by atoms with Crippen LogP contribution >= 0.6 is 11.6 Å². The number of nitrogens with zero attached hydrogens (tertiary/aromatic N) is 6. The molecular formula is C23H25ClN6O. The van der Waals surface area contributed by atoms with Crippen LogP contribution < -0.4 is 0 Å². The molecule has 0 saturated heterocycles. The van der Waals surface area contributed by atoms with Gasteiger partial charge in [-0.2, -0.15) is 0 Å². The minimum atomic E-state index is -0.155. The van der Waals surface area contributed by atoms with Crippen molar-refractivity contribution < 1.29 is 5.11 Å². The van der Waals surface area contributed by atoms with Crippen molar-refractivity contribution in [3.05, 3.63) is 70.8 Å². The Morgan fingerprint density at radius 2 is 1.77 bits per heavy atom. The zero-order valence-corrected chi connectivity index (χ0v) is 18.4. The van der Waals surface area contributed by atoms with Crippen LogP contribution in [0.15, 0.2) is 48.5 Å². The predicted molar refractivity (Wildman–Crippen MR) is 121 cm³/mol. The molecule has 0 aliphatic rings. The van der Waals surface area contributed by atoms with E-state index in [0.29, 0.717) is 17.4 Å². The SMILES string of the molecule is CCCCc1nc(CO)c(Cl)n1Cc1ccc(-c2ccccc2-c2nnnn2C)cc1. The molecule has 0 amide bonds. The molecule has 0 unspecified atom stereocenters. The highest BCUT2D eigenvalue weighted by Crippen LogP contribution is 2.31. The van der Waals surface area contributed by atoms with Crippen LogP contribution in [0.2, 0.25) is 5.15 Å². The highest BCUT2D eigenvalue weighted by molar-refractivity contribution is 6.30. The monoisotopic (exact) mass is 436 g/mol. The lowest BCUT2D eigenvalue weighted by Gasteiger charge is -2.12. The summed E-state index contributed by atoms with van der Waals surface area (Å²) in [4.78, 5) is 4.54. The standard InChI is InChI=1S/C23H25ClN6O/c1-3-4-9-21-25-20(15-31)22(24)30(21)14-16-10-12-17(13-11-16)18-7-5-6-8-19(18)23-26-27-28-29(23)2/h5-8,10-13,31H,3-4,9,14-15H2,1-2H3. The van der Waals surface area contributed by atoms with E-state index in [9.17, 15) is 5.11 Å². The Morgan fingerprint density at radius 1 is 1.03 bits per heavy atom. The van der Waals surface area contributed by atoms with Crippen molar-refractivity contribution >= 4 is 11.6 Å². The molecule has 0 spiro atoms. The molecule has 8 heteroatoms. The number of imidazole rings is 1. The number of aryl methyl sites for hydroxylation is 2. The van der Waals surface area contributed by atoms with Gasteiger partial charge in [0.05, 0.1) is 13.2 Å². The van der Waals surface area contributed by atoms with Gasteiger partial charge in [-0.05, 0) is 33.5 Å². The lowest BCUT2D eigenvalue weighted by atomic mass is 9.98. The Kier molecular flexibility index (Phi) is 6.44. The minimum absolute atomic E-state index is 0.155. The molecule has 1 N–H and O–H groups in total. The van der Waals surface area contributed by atoms with Crippen LogP contribution in [0.4, 0.5) is 0 Å². The van der Waals surface area contributed by atoms with E-state index >= 15 is 0 Å². The number of halogens is 1. The average molecular weight is 437 g/mol.